The number of aromatic amines is 1. The van der Waals surface area contributed by atoms with E-state index in [9.17, 15) is 9.59 Å². The lowest BCUT2D eigenvalue weighted by Crippen LogP contribution is -2.24. The number of benzene rings is 1. The van der Waals surface area contributed by atoms with Gasteiger partial charge >= 0.3 is 11.9 Å². The molecule has 0 atom stereocenters. The number of carbonyl (C=O) groups excluding carboxylic acids is 2. The minimum absolute atomic E-state index is 0.246. The zero-order valence-electron chi connectivity index (χ0n) is 16.9. The van der Waals surface area contributed by atoms with Gasteiger partial charge < -0.3 is 19.8 Å². The van der Waals surface area contributed by atoms with E-state index in [0.29, 0.717) is 34.8 Å². The van der Waals surface area contributed by atoms with E-state index in [1.807, 2.05) is 19.1 Å². The van der Waals surface area contributed by atoms with Gasteiger partial charge in [0.2, 0.25) is 0 Å². The number of aromatic nitrogens is 1. The number of halogens is 1. The van der Waals surface area contributed by atoms with Crippen molar-refractivity contribution >= 4 is 29.2 Å². The standard InChI is InChI=1S/C21H27ClN2O4/c1-6-15-17(19(25)27-7-2)16(12-23-14-10-8-9-13(22)11-14)24-18(15)20(26)28-21(3,4)5/h8-11,23-24H,6-7,12H2,1-5H3. The van der Waals surface area contributed by atoms with Crippen LogP contribution in [0.2, 0.25) is 5.02 Å². The first kappa shape index (κ1) is 21.8. The summed E-state index contributed by atoms with van der Waals surface area (Å²) in [4.78, 5) is 28.3. The number of hydrogen-bond donors (Lipinski definition) is 2. The molecule has 0 saturated heterocycles. The quantitative estimate of drug-likeness (QED) is 0.634. The van der Waals surface area contributed by atoms with Crippen LogP contribution >= 0.6 is 11.6 Å². The second kappa shape index (κ2) is 9.15. The zero-order chi connectivity index (χ0) is 20.9. The van der Waals surface area contributed by atoms with Crippen molar-refractivity contribution in [3.05, 3.63) is 51.8 Å². The average Bonchev–Trinajstić information content (AvgIpc) is 2.97. The van der Waals surface area contributed by atoms with Crippen molar-refractivity contribution in [1.29, 1.82) is 0 Å². The molecule has 1 aromatic carbocycles. The monoisotopic (exact) mass is 406 g/mol. The minimum atomic E-state index is -0.642. The molecule has 2 aromatic rings. The number of H-pyrrole nitrogens is 1. The molecule has 152 valence electrons. The van der Waals surface area contributed by atoms with Crippen molar-refractivity contribution in [3.8, 4) is 0 Å². The molecule has 2 rings (SSSR count). The summed E-state index contributed by atoms with van der Waals surface area (Å²) in [5, 5.41) is 3.82. The Kier molecular flexibility index (Phi) is 7.13. The van der Waals surface area contributed by atoms with Gasteiger partial charge in [0.25, 0.3) is 0 Å². The van der Waals surface area contributed by atoms with Gasteiger partial charge in [-0.15, -0.1) is 0 Å². The molecule has 0 amide bonds. The third kappa shape index (κ3) is 5.52. The van der Waals surface area contributed by atoms with Crippen LogP contribution in [0, 0.1) is 0 Å². The SMILES string of the molecule is CCOC(=O)c1c(CNc2cccc(Cl)c2)[nH]c(C(=O)OC(C)(C)C)c1CC. The number of carbonyl (C=O) groups is 2. The van der Waals surface area contributed by atoms with Crippen molar-refractivity contribution in [2.45, 2.75) is 53.2 Å². The van der Waals surface area contributed by atoms with Gasteiger partial charge in [-0.1, -0.05) is 24.6 Å². The lowest BCUT2D eigenvalue weighted by Gasteiger charge is -2.19. The molecule has 0 aliphatic heterocycles. The summed E-state index contributed by atoms with van der Waals surface area (Å²) in [7, 11) is 0. The van der Waals surface area contributed by atoms with Crippen LogP contribution < -0.4 is 5.32 Å². The molecule has 0 saturated carbocycles. The average molecular weight is 407 g/mol. The molecule has 0 aliphatic carbocycles. The predicted molar refractivity (Wildman–Crippen MR) is 110 cm³/mol. The van der Waals surface area contributed by atoms with Crippen molar-refractivity contribution in [1.82, 2.24) is 4.98 Å². The molecule has 6 nitrogen and oxygen atoms in total. The molecule has 28 heavy (non-hydrogen) atoms. The first-order valence-electron chi connectivity index (χ1n) is 9.29. The molecular formula is C21H27ClN2O4. The normalized spacial score (nSPS) is 11.2. The van der Waals surface area contributed by atoms with Gasteiger partial charge in [0.15, 0.2) is 0 Å². The summed E-state index contributed by atoms with van der Waals surface area (Å²) in [5.74, 6) is -0.961. The zero-order valence-corrected chi connectivity index (χ0v) is 17.7. The highest BCUT2D eigenvalue weighted by molar-refractivity contribution is 6.30. The highest BCUT2D eigenvalue weighted by Gasteiger charge is 2.29. The molecule has 7 heteroatoms. The van der Waals surface area contributed by atoms with E-state index in [2.05, 4.69) is 10.3 Å². The molecule has 1 aromatic heterocycles. The van der Waals surface area contributed by atoms with Gasteiger partial charge in [-0.05, 0) is 57.9 Å². The molecule has 0 fully saturated rings. The van der Waals surface area contributed by atoms with E-state index in [0.717, 1.165) is 5.69 Å². The van der Waals surface area contributed by atoms with Crippen molar-refractivity contribution < 1.29 is 19.1 Å². The van der Waals surface area contributed by atoms with Gasteiger partial charge in [-0.25, -0.2) is 9.59 Å². The van der Waals surface area contributed by atoms with Crippen LogP contribution in [0.3, 0.4) is 0 Å². The summed E-state index contributed by atoms with van der Waals surface area (Å²) < 4.78 is 10.7. The van der Waals surface area contributed by atoms with Gasteiger partial charge in [-0.2, -0.15) is 0 Å². The maximum absolute atomic E-state index is 12.7. The van der Waals surface area contributed by atoms with Crippen molar-refractivity contribution in [2.24, 2.45) is 0 Å². The topological polar surface area (TPSA) is 80.4 Å². The number of rotatable bonds is 7. The van der Waals surface area contributed by atoms with Crippen LogP contribution in [0.25, 0.3) is 0 Å². The van der Waals surface area contributed by atoms with Crippen molar-refractivity contribution in [3.63, 3.8) is 0 Å². The lowest BCUT2D eigenvalue weighted by molar-refractivity contribution is 0.00622. The Labute approximate surface area is 170 Å². The summed E-state index contributed by atoms with van der Waals surface area (Å²) >= 11 is 6.02. The van der Waals surface area contributed by atoms with Crippen molar-refractivity contribution in [2.75, 3.05) is 11.9 Å². The maximum Gasteiger partial charge on any atom is 0.355 e. The Morgan fingerprint density at radius 2 is 1.89 bits per heavy atom. The summed E-state index contributed by atoms with van der Waals surface area (Å²) in [6, 6.07) is 7.26. The van der Waals surface area contributed by atoms with Crippen LogP contribution in [0.4, 0.5) is 5.69 Å². The fraction of sp³-hybridized carbons (Fsp3) is 0.429. The first-order valence-corrected chi connectivity index (χ1v) is 9.67. The number of esters is 2. The third-order valence-electron chi connectivity index (χ3n) is 3.91. The van der Waals surface area contributed by atoms with E-state index < -0.39 is 17.5 Å². The highest BCUT2D eigenvalue weighted by atomic mass is 35.5. The molecule has 0 bridgehead atoms. The second-order valence-electron chi connectivity index (χ2n) is 7.27. The number of nitrogens with one attached hydrogen (secondary N) is 2. The molecule has 2 N–H and O–H groups in total. The molecule has 0 spiro atoms. The highest BCUT2D eigenvalue weighted by Crippen LogP contribution is 2.25. The lowest BCUT2D eigenvalue weighted by atomic mass is 10.1. The smallest absolute Gasteiger partial charge is 0.355 e. The van der Waals surface area contributed by atoms with Crippen LogP contribution in [-0.4, -0.2) is 29.1 Å². The van der Waals surface area contributed by atoms with E-state index in [1.54, 1.807) is 39.8 Å². The Balaban J connectivity index is 2.41. The Morgan fingerprint density at radius 3 is 2.46 bits per heavy atom. The van der Waals surface area contributed by atoms with Crippen LogP contribution in [-0.2, 0) is 22.4 Å². The molecule has 1 heterocycles. The molecule has 0 unspecified atom stereocenters. The number of anilines is 1. The van der Waals surface area contributed by atoms with Crippen LogP contribution in [0.1, 0.15) is 66.7 Å². The van der Waals surface area contributed by atoms with E-state index in [1.165, 1.54) is 0 Å². The molecular weight excluding hydrogens is 380 g/mol. The van der Waals surface area contributed by atoms with E-state index >= 15 is 0 Å². The van der Waals surface area contributed by atoms with E-state index in [4.69, 9.17) is 21.1 Å². The van der Waals surface area contributed by atoms with Crippen LogP contribution in [0.5, 0.6) is 0 Å². The number of hydrogen-bond acceptors (Lipinski definition) is 5. The van der Waals surface area contributed by atoms with E-state index in [-0.39, 0.29) is 12.3 Å². The van der Waals surface area contributed by atoms with Gasteiger partial charge in [0.1, 0.15) is 11.3 Å². The predicted octanol–water partition coefficient (Wildman–Crippen LogP) is 4.97. The summed E-state index contributed by atoms with van der Waals surface area (Å²) in [5.41, 5.74) is 1.97. The van der Waals surface area contributed by atoms with Gasteiger partial charge in [0.05, 0.1) is 18.7 Å². The van der Waals surface area contributed by atoms with Gasteiger partial charge in [-0.3, -0.25) is 0 Å². The van der Waals surface area contributed by atoms with Crippen LogP contribution in [0.15, 0.2) is 24.3 Å². The maximum atomic E-state index is 12.7. The fourth-order valence-electron chi connectivity index (χ4n) is 2.82. The Hall–Kier alpha value is -2.47. The summed E-state index contributed by atoms with van der Waals surface area (Å²) in [6.45, 7) is 9.57. The summed E-state index contributed by atoms with van der Waals surface area (Å²) in [6.07, 6.45) is 0.483. The second-order valence-corrected chi connectivity index (χ2v) is 7.71. The Bertz CT molecular complexity index is 853. The molecule has 0 aliphatic rings. The largest absolute Gasteiger partial charge is 0.462 e. The van der Waals surface area contributed by atoms with Gasteiger partial charge in [0, 0.05) is 16.4 Å². The first-order chi connectivity index (χ1) is 13.2. The third-order valence-corrected chi connectivity index (χ3v) is 4.15. The Morgan fingerprint density at radius 1 is 1.18 bits per heavy atom. The minimum Gasteiger partial charge on any atom is -0.462 e. The fourth-order valence-corrected chi connectivity index (χ4v) is 3.01. The molecule has 0 radical (unpaired) electrons. The number of ether oxygens (including phenoxy) is 2.